The molecule has 0 aliphatic heterocycles. The lowest BCUT2D eigenvalue weighted by atomic mass is 10.1. The first kappa shape index (κ1) is 17.7. The van der Waals surface area contributed by atoms with Gasteiger partial charge in [0.05, 0.1) is 28.9 Å². The Morgan fingerprint density at radius 2 is 0.960 bits per heavy atom. The number of rotatable bonds is 6. The summed E-state index contributed by atoms with van der Waals surface area (Å²) < 4.78 is 0. The van der Waals surface area contributed by atoms with Gasteiger partial charge in [-0.2, -0.15) is 0 Å². The second kappa shape index (κ2) is 7.73. The van der Waals surface area contributed by atoms with E-state index in [-0.39, 0.29) is 28.9 Å². The van der Waals surface area contributed by atoms with Crippen LogP contribution in [0.3, 0.4) is 0 Å². The van der Waals surface area contributed by atoms with Gasteiger partial charge in [-0.3, -0.25) is 9.59 Å². The van der Waals surface area contributed by atoms with Crippen molar-refractivity contribution in [1.29, 1.82) is 0 Å². The second-order valence-corrected chi connectivity index (χ2v) is 4.89. The van der Waals surface area contributed by atoms with E-state index in [1.807, 2.05) is 0 Å². The summed E-state index contributed by atoms with van der Waals surface area (Å²) in [5, 5.41) is 22.8. The molecule has 0 atom stereocenters. The molecule has 0 aliphatic rings. The Kier molecular flexibility index (Phi) is 5.47. The Hall–Kier alpha value is -3.68. The Morgan fingerprint density at radius 1 is 0.640 bits per heavy atom. The highest BCUT2D eigenvalue weighted by Gasteiger charge is 2.17. The van der Waals surface area contributed by atoms with Gasteiger partial charge in [0.25, 0.3) is 11.8 Å². The van der Waals surface area contributed by atoms with Crippen molar-refractivity contribution in [3.8, 4) is 0 Å². The van der Waals surface area contributed by atoms with Gasteiger partial charge in [-0.15, -0.1) is 0 Å². The molecular formula is C17H14N2O6. The van der Waals surface area contributed by atoms with Crippen LogP contribution < -0.4 is 10.6 Å². The van der Waals surface area contributed by atoms with Crippen LogP contribution in [-0.4, -0.2) is 40.6 Å². The highest BCUT2D eigenvalue weighted by molar-refractivity contribution is 6.06. The Labute approximate surface area is 142 Å². The maximum absolute atomic E-state index is 12.0. The topological polar surface area (TPSA) is 133 Å². The van der Waals surface area contributed by atoms with E-state index in [1.165, 1.54) is 48.5 Å². The van der Waals surface area contributed by atoms with E-state index in [1.54, 1.807) is 0 Å². The largest absolute Gasteiger partial charge is 0.478 e. The van der Waals surface area contributed by atoms with Gasteiger partial charge in [0.1, 0.15) is 0 Å². The molecule has 0 bridgehead atoms. The van der Waals surface area contributed by atoms with Crippen molar-refractivity contribution in [1.82, 2.24) is 10.6 Å². The maximum Gasteiger partial charge on any atom is 0.336 e. The summed E-state index contributed by atoms with van der Waals surface area (Å²) in [5.74, 6) is -3.84. The van der Waals surface area contributed by atoms with Gasteiger partial charge >= 0.3 is 11.9 Å². The van der Waals surface area contributed by atoms with Crippen molar-refractivity contribution in [2.24, 2.45) is 0 Å². The molecule has 0 radical (unpaired) electrons. The number of amides is 2. The van der Waals surface area contributed by atoms with Gasteiger partial charge in [-0.25, -0.2) is 9.59 Å². The number of carboxylic acid groups (broad SMARTS) is 2. The summed E-state index contributed by atoms with van der Waals surface area (Å²) in [5.41, 5.74) is -0.421. The predicted molar refractivity (Wildman–Crippen MR) is 86.6 cm³/mol. The van der Waals surface area contributed by atoms with Crippen LogP contribution in [0.2, 0.25) is 0 Å². The molecule has 2 rings (SSSR count). The lowest BCUT2D eigenvalue weighted by Crippen LogP contribution is -2.38. The van der Waals surface area contributed by atoms with E-state index in [0.717, 1.165) is 0 Å². The molecule has 25 heavy (non-hydrogen) atoms. The average Bonchev–Trinajstić information content (AvgIpc) is 2.61. The fourth-order valence-electron chi connectivity index (χ4n) is 2.13. The van der Waals surface area contributed by atoms with Crippen LogP contribution in [0.1, 0.15) is 41.4 Å². The van der Waals surface area contributed by atoms with E-state index >= 15 is 0 Å². The molecule has 2 aromatic carbocycles. The number of benzene rings is 2. The molecule has 0 saturated heterocycles. The quantitative estimate of drug-likeness (QED) is 0.583. The number of carboxylic acids is 2. The Bertz CT molecular complexity index is 777. The van der Waals surface area contributed by atoms with Crippen LogP contribution in [0.15, 0.2) is 48.5 Å². The monoisotopic (exact) mass is 342 g/mol. The van der Waals surface area contributed by atoms with Crippen LogP contribution >= 0.6 is 0 Å². The zero-order valence-electron chi connectivity index (χ0n) is 12.9. The van der Waals surface area contributed by atoms with Crippen molar-refractivity contribution in [2.45, 2.75) is 0 Å². The number of nitrogens with one attached hydrogen (secondary N) is 2. The molecule has 0 unspecified atom stereocenters. The molecule has 8 heteroatoms. The van der Waals surface area contributed by atoms with Crippen LogP contribution in [0.5, 0.6) is 0 Å². The van der Waals surface area contributed by atoms with Crippen molar-refractivity contribution >= 4 is 23.8 Å². The van der Waals surface area contributed by atoms with Gasteiger partial charge in [-0.05, 0) is 24.3 Å². The minimum Gasteiger partial charge on any atom is -0.478 e. The fourth-order valence-corrected chi connectivity index (χ4v) is 2.13. The summed E-state index contributed by atoms with van der Waals surface area (Å²) in [6.07, 6.45) is 0. The lowest BCUT2D eigenvalue weighted by molar-refractivity contribution is 0.0683. The van der Waals surface area contributed by atoms with Gasteiger partial charge in [0, 0.05) is 0 Å². The van der Waals surface area contributed by atoms with Gasteiger partial charge in [-0.1, -0.05) is 24.3 Å². The Morgan fingerprint density at radius 3 is 1.28 bits per heavy atom. The second-order valence-electron chi connectivity index (χ2n) is 4.89. The van der Waals surface area contributed by atoms with Gasteiger partial charge < -0.3 is 20.8 Å². The third-order valence-corrected chi connectivity index (χ3v) is 3.30. The van der Waals surface area contributed by atoms with Crippen LogP contribution in [-0.2, 0) is 0 Å². The molecule has 2 aromatic rings. The molecule has 2 amide bonds. The summed E-state index contributed by atoms with van der Waals surface area (Å²) in [6.45, 7) is -0.292. The summed E-state index contributed by atoms with van der Waals surface area (Å²) in [7, 11) is 0. The van der Waals surface area contributed by atoms with Gasteiger partial charge in [0.2, 0.25) is 0 Å². The van der Waals surface area contributed by atoms with Crippen LogP contribution in [0, 0.1) is 0 Å². The van der Waals surface area contributed by atoms with Crippen LogP contribution in [0.25, 0.3) is 0 Å². The summed E-state index contributed by atoms with van der Waals surface area (Å²) in [4.78, 5) is 46.3. The fraction of sp³-hybridized carbons (Fsp3) is 0.0588. The number of hydrogen-bond donors (Lipinski definition) is 4. The first-order chi connectivity index (χ1) is 11.9. The number of hydrogen-bond acceptors (Lipinski definition) is 4. The highest BCUT2D eigenvalue weighted by Crippen LogP contribution is 2.09. The number of carbonyl (C=O) groups excluding carboxylic acids is 2. The molecule has 0 fully saturated rings. The lowest BCUT2D eigenvalue weighted by Gasteiger charge is -2.10. The molecule has 0 heterocycles. The minimum atomic E-state index is -1.25. The first-order valence-electron chi connectivity index (χ1n) is 7.13. The molecule has 128 valence electrons. The third kappa shape index (κ3) is 4.20. The zero-order valence-corrected chi connectivity index (χ0v) is 12.9. The van der Waals surface area contributed by atoms with Gasteiger partial charge in [0.15, 0.2) is 0 Å². The molecular weight excluding hydrogens is 328 g/mol. The maximum atomic E-state index is 12.0. The standard InChI is InChI=1S/C17H14N2O6/c20-14(10-5-1-3-7-12(10)16(22)23)18-9-19-15(21)11-6-2-4-8-13(11)17(24)25/h1-8H,9H2,(H,18,20)(H,19,21)(H,22,23)(H,24,25). The van der Waals surface area contributed by atoms with E-state index in [2.05, 4.69) is 10.6 Å². The minimum absolute atomic E-state index is 0.0461. The normalized spacial score (nSPS) is 9.92. The molecule has 0 aromatic heterocycles. The van der Waals surface area contributed by atoms with E-state index in [9.17, 15) is 19.2 Å². The zero-order chi connectivity index (χ0) is 18.4. The number of aromatic carboxylic acids is 2. The molecule has 4 N–H and O–H groups in total. The van der Waals surface area contributed by atoms with Crippen molar-refractivity contribution in [2.75, 3.05) is 6.67 Å². The van der Waals surface area contributed by atoms with E-state index < -0.39 is 23.8 Å². The summed E-state index contributed by atoms with van der Waals surface area (Å²) >= 11 is 0. The van der Waals surface area contributed by atoms with Crippen LogP contribution in [0.4, 0.5) is 0 Å². The SMILES string of the molecule is O=C(O)c1ccccc1C(=O)NCNC(=O)c1ccccc1C(=O)O. The molecule has 0 saturated carbocycles. The Balaban J connectivity index is 2.02. The number of carbonyl (C=O) groups is 4. The molecule has 0 aliphatic carbocycles. The first-order valence-corrected chi connectivity index (χ1v) is 7.13. The van der Waals surface area contributed by atoms with Crippen molar-refractivity contribution < 1.29 is 29.4 Å². The third-order valence-electron chi connectivity index (χ3n) is 3.30. The van der Waals surface area contributed by atoms with E-state index in [4.69, 9.17) is 10.2 Å². The van der Waals surface area contributed by atoms with E-state index in [0.29, 0.717) is 0 Å². The molecule has 0 spiro atoms. The average molecular weight is 342 g/mol. The van der Waals surface area contributed by atoms with Crippen molar-refractivity contribution in [3.63, 3.8) is 0 Å². The highest BCUT2D eigenvalue weighted by atomic mass is 16.4. The summed E-state index contributed by atoms with van der Waals surface area (Å²) in [6, 6.07) is 11.3. The smallest absolute Gasteiger partial charge is 0.336 e. The molecule has 8 nitrogen and oxygen atoms in total. The predicted octanol–water partition coefficient (Wildman–Crippen LogP) is 1.20. The van der Waals surface area contributed by atoms with Crippen molar-refractivity contribution in [3.05, 3.63) is 70.8 Å².